The second kappa shape index (κ2) is 5.83. The van der Waals surface area contributed by atoms with Gasteiger partial charge in [0.05, 0.1) is 5.39 Å². The molecule has 2 aromatic rings. The van der Waals surface area contributed by atoms with E-state index in [-0.39, 0.29) is 5.25 Å². The highest BCUT2D eigenvalue weighted by molar-refractivity contribution is 7.84. The molecule has 0 radical (unpaired) electrons. The highest BCUT2D eigenvalue weighted by Gasteiger charge is 2.12. The minimum Gasteiger partial charge on any atom is -0.368 e. The zero-order valence-corrected chi connectivity index (χ0v) is 13.1. The Hall–Kier alpha value is -1.21. The van der Waals surface area contributed by atoms with Crippen LogP contribution in [0.2, 0.25) is 0 Å². The number of fused-ring (bicyclic) bond motifs is 1. The first-order valence-electron chi connectivity index (χ1n) is 6.03. The van der Waals surface area contributed by atoms with E-state index >= 15 is 0 Å². The molecule has 0 saturated heterocycles. The van der Waals surface area contributed by atoms with Crippen molar-refractivity contribution in [3.05, 3.63) is 10.9 Å². The zero-order chi connectivity index (χ0) is 14.0. The molecule has 19 heavy (non-hydrogen) atoms. The van der Waals surface area contributed by atoms with Crippen LogP contribution in [0.1, 0.15) is 11.8 Å². The van der Waals surface area contributed by atoms with E-state index in [1.54, 1.807) is 24.6 Å². The Morgan fingerprint density at radius 3 is 2.84 bits per heavy atom. The van der Waals surface area contributed by atoms with Gasteiger partial charge >= 0.3 is 0 Å². The summed E-state index contributed by atoms with van der Waals surface area (Å²) in [5.74, 6) is 1.40. The van der Waals surface area contributed by atoms with Gasteiger partial charge in [-0.05, 0) is 19.9 Å². The van der Waals surface area contributed by atoms with Gasteiger partial charge in [-0.2, -0.15) is 4.98 Å². The second-order valence-corrected chi connectivity index (χ2v) is 7.45. The van der Waals surface area contributed by atoms with E-state index in [9.17, 15) is 4.21 Å². The third-order valence-electron chi connectivity index (χ3n) is 2.86. The van der Waals surface area contributed by atoms with E-state index in [4.69, 9.17) is 0 Å². The third-order valence-corrected chi connectivity index (χ3v) is 5.11. The van der Waals surface area contributed by atoms with Crippen LogP contribution in [0.4, 0.5) is 11.8 Å². The first-order valence-corrected chi connectivity index (χ1v) is 8.47. The summed E-state index contributed by atoms with van der Waals surface area (Å²) in [4.78, 5) is 11.0. The lowest BCUT2D eigenvalue weighted by Gasteiger charge is -2.12. The Bertz CT molecular complexity index is 611. The second-order valence-electron chi connectivity index (χ2n) is 4.41. The molecule has 7 heteroatoms. The number of anilines is 2. The van der Waals surface area contributed by atoms with Crippen LogP contribution in [0.3, 0.4) is 0 Å². The molecule has 0 aliphatic carbocycles. The van der Waals surface area contributed by atoms with Gasteiger partial charge in [0, 0.05) is 40.8 Å². The van der Waals surface area contributed by atoms with Gasteiger partial charge in [0.2, 0.25) is 5.95 Å². The minimum absolute atomic E-state index is 0.0859. The molecule has 2 unspecified atom stereocenters. The molecule has 0 amide bonds. The molecule has 0 bridgehead atoms. The number of aryl methyl sites for hydroxylation is 1. The number of nitrogens with one attached hydrogen (secondary N) is 2. The van der Waals surface area contributed by atoms with Gasteiger partial charge in [0.1, 0.15) is 10.6 Å². The average Bonchev–Trinajstić information content (AvgIpc) is 2.75. The molecule has 2 N–H and O–H groups in total. The summed E-state index contributed by atoms with van der Waals surface area (Å²) in [7, 11) is 0.962. The fraction of sp³-hybridized carbons (Fsp3) is 0.500. The predicted molar refractivity (Wildman–Crippen MR) is 83.7 cm³/mol. The smallest absolute Gasteiger partial charge is 0.225 e. The van der Waals surface area contributed by atoms with E-state index < -0.39 is 10.8 Å². The Morgan fingerprint density at radius 1 is 1.47 bits per heavy atom. The van der Waals surface area contributed by atoms with E-state index in [1.165, 1.54) is 4.88 Å². The number of hydrogen-bond donors (Lipinski definition) is 2. The van der Waals surface area contributed by atoms with Crippen LogP contribution in [-0.4, -0.2) is 39.3 Å². The molecule has 2 heterocycles. The van der Waals surface area contributed by atoms with Gasteiger partial charge in [0.25, 0.3) is 0 Å². The number of hydrogen-bond acceptors (Lipinski definition) is 6. The van der Waals surface area contributed by atoms with Crippen LogP contribution in [-0.2, 0) is 10.8 Å². The van der Waals surface area contributed by atoms with E-state index in [0.717, 1.165) is 16.0 Å². The standard InChI is InChI=1S/C12H18N4OS2/c1-7-5-9-10(14-6-8(2)19(4)17)15-12(13-3)16-11(9)18-7/h5,8H,6H2,1-4H3,(H2,13,14,15,16). The van der Waals surface area contributed by atoms with Gasteiger partial charge in [-0.1, -0.05) is 0 Å². The molecule has 104 valence electrons. The molecule has 2 rings (SSSR count). The van der Waals surface area contributed by atoms with Crippen LogP contribution in [0.15, 0.2) is 6.07 Å². The highest BCUT2D eigenvalue weighted by atomic mass is 32.2. The SMILES string of the molecule is CNc1nc(NCC(C)S(C)=O)c2cc(C)sc2n1. The van der Waals surface area contributed by atoms with Crippen LogP contribution in [0.25, 0.3) is 10.2 Å². The van der Waals surface area contributed by atoms with Crippen LogP contribution in [0.5, 0.6) is 0 Å². The number of rotatable bonds is 5. The largest absolute Gasteiger partial charge is 0.368 e. The van der Waals surface area contributed by atoms with Crippen molar-refractivity contribution in [2.24, 2.45) is 0 Å². The Labute approximate surface area is 119 Å². The van der Waals surface area contributed by atoms with Crippen molar-refractivity contribution in [2.75, 3.05) is 30.5 Å². The molecule has 0 aliphatic heterocycles. The van der Waals surface area contributed by atoms with E-state index in [0.29, 0.717) is 12.5 Å². The minimum atomic E-state index is -0.839. The maximum absolute atomic E-state index is 11.4. The molecule has 2 atom stereocenters. The van der Waals surface area contributed by atoms with Crippen molar-refractivity contribution in [3.63, 3.8) is 0 Å². The lowest BCUT2D eigenvalue weighted by atomic mass is 10.3. The van der Waals surface area contributed by atoms with Gasteiger partial charge in [-0.15, -0.1) is 11.3 Å². The monoisotopic (exact) mass is 298 g/mol. The molecule has 0 saturated carbocycles. The van der Waals surface area contributed by atoms with E-state index in [1.807, 2.05) is 6.92 Å². The number of thiophene rings is 1. The Balaban J connectivity index is 2.32. The first-order chi connectivity index (χ1) is 9.01. The van der Waals surface area contributed by atoms with Gasteiger partial charge in [0.15, 0.2) is 0 Å². The Morgan fingerprint density at radius 2 is 2.21 bits per heavy atom. The maximum atomic E-state index is 11.4. The van der Waals surface area contributed by atoms with Crippen molar-refractivity contribution in [3.8, 4) is 0 Å². The van der Waals surface area contributed by atoms with Crippen molar-refractivity contribution >= 4 is 44.1 Å². The van der Waals surface area contributed by atoms with Crippen molar-refractivity contribution in [1.82, 2.24) is 9.97 Å². The topological polar surface area (TPSA) is 66.9 Å². The maximum Gasteiger partial charge on any atom is 0.225 e. The van der Waals surface area contributed by atoms with Crippen molar-refractivity contribution in [1.29, 1.82) is 0 Å². The molecular formula is C12H18N4OS2. The summed E-state index contributed by atoms with van der Waals surface area (Å²) in [5, 5.41) is 7.35. The van der Waals surface area contributed by atoms with Crippen LogP contribution in [0, 0.1) is 6.92 Å². The lowest BCUT2D eigenvalue weighted by Crippen LogP contribution is -2.21. The molecule has 0 fully saturated rings. The summed E-state index contributed by atoms with van der Waals surface area (Å²) in [6, 6.07) is 2.08. The normalized spacial score (nSPS) is 14.3. The fourth-order valence-electron chi connectivity index (χ4n) is 1.65. The van der Waals surface area contributed by atoms with Gasteiger partial charge in [-0.3, -0.25) is 4.21 Å². The summed E-state index contributed by atoms with van der Waals surface area (Å²) < 4.78 is 11.4. The van der Waals surface area contributed by atoms with Gasteiger partial charge < -0.3 is 10.6 Å². The molecular weight excluding hydrogens is 280 g/mol. The number of aromatic nitrogens is 2. The lowest BCUT2D eigenvalue weighted by molar-refractivity contribution is 0.679. The third kappa shape index (κ3) is 3.22. The molecule has 5 nitrogen and oxygen atoms in total. The zero-order valence-electron chi connectivity index (χ0n) is 11.5. The summed E-state index contributed by atoms with van der Waals surface area (Å²) in [6.07, 6.45) is 1.72. The quantitative estimate of drug-likeness (QED) is 0.886. The number of nitrogens with zero attached hydrogens (tertiary/aromatic N) is 2. The average molecular weight is 298 g/mol. The Kier molecular flexibility index (Phi) is 4.36. The molecule has 0 aliphatic rings. The van der Waals surface area contributed by atoms with Gasteiger partial charge in [-0.25, -0.2) is 4.98 Å². The molecule has 0 spiro atoms. The summed E-state index contributed by atoms with van der Waals surface area (Å²) in [6.45, 7) is 4.64. The molecule has 0 aromatic carbocycles. The fourth-order valence-corrected chi connectivity index (χ4v) is 2.84. The summed E-state index contributed by atoms with van der Waals surface area (Å²) in [5.41, 5.74) is 0. The first kappa shape index (κ1) is 14.2. The highest BCUT2D eigenvalue weighted by Crippen LogP contribution is 2.29. The van der Waals surface area contributed by atoms with E-state index in [2.05, 4.69) is 33.6 Å². The van der Waals surface area contributed by atoms with Crippen LogP contribution < -0.4 is 10.6 Å². The molecule has 2 aromatic heterocycles. The predicted octanol–water partition coefficient (Wildman–Crippen LogP) is 2.22. The van der Waals surface area contributed by atoms with Crippen molar-refractivity contribution in [2.45, 2.75) is 19.1 Å². The van der Waals surface area contributed by atoms with Crippen molar-refractivity contribution < 1.29 is 4.21 Å². The van der Waals surface area contributed by atoms with Crippen LogP contribution >= 0.6 is 11.3 Å². The summed E-state index contributed by atoms with van der Waals surface area (Å²) >= 11 is 1.65.